The number of nitrogens with zero attached hydrogens (tertiary/aromatic N) is 1. The topological polar surface area (TPSA) is 41.6 Å². The van der Waals surface area contributed by atoms with Gasteiger partial charge in [-0.15, -0.1) is 0 Å². The van der Waals surface area contributed by atoms with Crippen LogP contribution in [0.2, 0.25) is 0 Å². The number of rotatable bonds is 3. The summed E-state index contributed by atoms with van der Waals surface area (Å²) in [6.45, 7) is 5.33. The number of ether oxygens (including phenoxy) is 1. The molecular weight excluding hydrogens is 216 g/mol. The van der Waals surface area contributed by atoms with Crippen molar-refractivity contribution in [2.24, 2.45) is 5.41 Å². The summed E-state index contributed by atoms with van der Waals surface area (Å²) in [6.07, 6.45) is 4.44. The van der Waals surface area contributed by atoms with Gasteiger partial charge in [0.1, 0.15) is 0 Å². The normalized spacial score (nSPS) is 34.0. The van der Waals surface area contributed by atoms with E-state index in [1.807, 2.05) is 0 Å². The zero-order chi connectivity index (χ0) is 12.3. The Hall–Kier alpha value is -0.610. The summed E-state index contributed by atoms with van der Waals surface area (Å²) in [5.41, 5.74) is -0.305. The van der Waals surface area contributed by atoms with Crippen LogP contribution in [-0.2, 0) is 9.53 Å². The highest BCUT2D eigenvalue weighted by Crippen LogP contribution is 2.31. The predicted octanol–water partition coefficient (Wildman–Crippen LogP) is 1.01. The summed E-state index contributed by atoms with van der Waals surface area (Å²) in [5.74, 6) is 0.302. The molecule has 2 aliphatic rings. The third-order valence-electron chi connectivity index (χ3n) is 4.18. The van der Waals surface area contributed by atoms with E-state index in [-0.39, 0.29) is 5.41 Å². The maximum atomic E-state index is 12.7. The van der Waals surface area contributed by atoms with Gasteiger partial charge in [0.2, 0.25) is 5.91 Å². The maximum absolute atomic E-state index is 12.7. The molecule has 0 aromatic rings. The Bertz CT molecular complexity index is 275. The van der Waals surface area contributed by atoms with Crippen LogP contribution in [0.25, 0.3) is 0 Å². The molecule has 0 saturated carbocycles. The number of piperidine rings is 1. The summed E-state index contributed by atoms with van der Waals surface area (Å²) in [7, 11) is 1.69. The molecule has 2 aliphatic heterocycles. The Morgan fingerprint density at radius 3 is 2.94 bits per heavy atom. The van der Waals surface area contributed by atoms with Crippen molar-refractivity contribution in [3.8, 4) is 0 Å². The zero-order valence-electron chi connectivity index (χ0n) is 11.0. The lowest BCUT2D eigenvalue weighted by molar-refractivity contribution is -0.147. The van der Waals surface area contributed by atoms with Crippen LogP contribution in [0.5, 0.6) is 0 Å². The van der Waals surface area contributed by atoms with Crippen LogP contribution < -0.4 is 5.32 Å². The minimum atomic E-state index is -0.305. The monoisotopic (exact) mass is 240 g/mol. The molecule has 4 heteroatoms. The predicted molar refractivity (Wildman–Crippen MR) is 66.8 cm³/mol. The summed E-state index contributed by atoms with van der Waals surface area (Å²) in [5, 5.41) is 3.31. The number of methoxy groups -OCH3 is 1. The smallest absolute Gasteiger partial charge is 0.232 e. The molecule has 2 heterocycles. The average molecular weight is 240 g/mol. The van der Waals surface area contributed by atoms with E-state index in [0.717, 1.165) is 38.9 Å². The fraction of sp³-hybridized carbons (Fsp3) is 0.923. The summed E-state index contributed by atoms with van der Waals surface area (Å²) in [6, 6.07) is 0.394. The molecule has 1 N–H and O–H groups in total. The second kappa shape index (κ2) is 5.36. The van der Waals surface area contributed by atoms with E-state index < -0.39 is 0 Å². The molecule has 2 fully saturated rings. The van der Waals surface area contributed by atoms with E-state index in [0.29, 0.717) is 18.6 Å². The van der Waals surface area contributed by atoms with Gasteiger partial charge in [-0.2, -0.15) is 0 Å². The van der Waals surface area contributed by atoms with E-state index in [1.54, 1.807) is 7.11 Å². The fourth-order valence-corrected chi connectivity index (χ4v) is 3.09. The van der Waals surface area contributed by atoms with Crippen molar-refractivity contribution in [2.45, 2.75) is 38.6 Å². The van der Waals surface area contributed by atoms with Crippen molar-refractivity contribution in [3.05, 3.63) is 0 Å². The van der Waals surface area contributed by atoms with Crippen LogP contribution in [-0.4, -0.2) is 50.2 Å². The van der Waals surface area contributed by atoms with Gasteiger partial charge in [-0.1, -0.05) is 0 Å². The van der Waals surface area contributed by atoms with E-state index in [1.165, 1.54) is 6.42 Å². The molecule has 17 heavy (non-hydrogen) atoms. The summed E-state index contributed by atoms with van der Waals surface area (Å²) >= 11 is 0. The summed E-state index contributed by atoms with van der Waals surface area (Å²) < 4.78 is 5.29. The SMILES string of the molecule is COCC1(C(=O)N2CCCCC2C)CCNC1. The van der Waals surface area contributed by atoms with Crippen LogP contribution in [0.4, 0.5) is 0 Å². The molecule has 0 aromatic carbocycles. The van der Waals surface area contributed by atoms with Crippen LogP contribution in [0, 0.1) is 5.41 Å². The maximum Gasteiger partial charge on any atom is 0.232 e. The number of amides is 1. The first-order chi connectivity index (χ1) is 8.19. The van der Waals surface area contributed by atoms with E-state index in [9.17, 15) is 4.79 Å². The largest absolute Gasteiger partial charge is 0.384 e. The molecule has 2 unspecified atom stereocenters. The highest BCUT2D eigenvalue weighted by molar-refractivity contribution is 5.84. The second-order valence-electron chi connectivity index (χ2n) is 5.48. The number of hydrogen-bond acceptors (Lipinski definition) is 3. The van der Waals surface area contributed by atoms with Crippen molar-refractivity contribution >= 4 is 5.91 Å². The summed E-state index contributed by atoms with van der Waals surface area (Å²) in [4.78, 5) is 14.8. The Morgan fingerprint density at radius 1 is 1.53 bits per heavy atom. The van der Waals surface area contributed by atoms with Gasteiger partial charge in [-0.25, -0.2) is 0 Å². The molecular formula is C13H24N2O2. The first-order valence-corrected chi connectivity index (χ1v) is 6.70. The highest BCUT2D eigenvalue weighted by atomic mass is 16.5. The Balaban J connectivity index is 2.10. The molecule has 0 radical (unpaired) electrons. The van der Waals surface area contributed by atoms with Crippen LogP contribution >= 0.6 is 0 Å². The standard InChI is InChI=1S/C13H24N2O2/c1-11-5-3-4-8-15(11)12(16)13(10-17-2)6-7-14-9-13/h11,14H,3-10H2,1-2H3. The molecule has 2 saturated heterocycles. The van der Waals surface area contributed by atoms with Crippen molar-refractivity contribution in [1.29, 1.82) is 0 Å². The minimum Gasteiger partial charge on any atom is -0.384 e. The van der Waals surface area contributed by atoms with E-state index in [2.05, 4.69) is 17.1 Å². The van der Waals surface area contributed by atoms with Gasteiger partial charge in [0.15, 0.2) is 0 Å². The van der Waals surface area contributed by atoms with Crippen LogP contribution in [0.3, 0.4) is 0 Å². The van der Waals surface area contributed by atoms with Gasteiger partial charge in [0.05, 0.1) is 12.0 Å². The molecule has 2 rings (SSSR count). The molecule has 0 aliphatic carbocycles. The van der Waals surface area contributed by atoms with Crippen molar-refractivity contribution in [1.82, 2.24) is 10.2 Å². The molecule has 0 aromatic heterocycles. The average Bonchev–Trinajstić information content (AvgIpc) is 2.79. The third kappa shape index (κ3) is 2.47. The first-order valence-electron chi connectivity index (χ1n) is 6.70. The fourth-order valence-electron chi connectivity index (χ4n) is 3.09. The Morgan fingerprint density at radius 2 is 2.35 bits per heavy atom. The van der Waals surface area contributed by atoms with Crippen LogP contribution in [0.15, 0.2) is 0 Å². The van der Waals surface area contributed by atoms with E-state index >= 15 is 0 Å². The molecule has 1 amide bonds. The molecule has 98 valence electrons. The van der Waals surface area contributed by atoms with Crippen molar-refractivity contribution in [2.75, 3.05) is 33.4 Å². The molecule has 2 atom stereocenters. The first kappa shape index (κ1) is 12.8. The van der Waals surface area contributed by atoms with Crippen LogP contribution in [0.1, 0.15) is 32.6 Å². The molecule has 0 bridgehead atoms. The van der Waals surface area contributed by atoms with Gasteiger partial charge in [-0.3, -0.25) is 4.79 Å². The van der Waals surface area contributed by atoms with Gasteiger partial charge in [0, 0.05) is 26.2 Å². The number of likely N-dealkylation sites (tertiary alicyclic amines) is 1. The number of hydrogen-bond donors (Lipinski definition) is 1. The highest BCUT2D eigenvalue weighted by Gasteiger charge is 2.44. The Kier molecular flexibility index (Phi) is 4.05. The van der Waals surface area contributed by atoms with Crippen molar-refractivity contribution < 1.29 is 9.53 Å². The lowest BCUT2D eigenvalue weighted by Crippen LogP contribution is -2.52. The van der Waals surface area contributed by atoms with Crippen molar-refractivity contribution in [3.63, 3.8) is 0 Å². The van der Waals surface area contributed by atoms with E-state index in [4.69, 9.17) is 4.74 Å². The quantitative estimate of drug-likeness (QED) is 0.800. The Labute approximate surface area is 104 Å². The number of carbonyl (C=O) groups excluding carboxylic acids is 1. The third-order valence-corrected chi connectivity index (χ3v) is 4.18. The molecule has 4 nitrogen and oxygen atoms in total. The molecule has 0 spiro atoms. The lowest BCUT2D eigenvalue weighted by Gasteiger charge is -2.39. The minimum absolute atomic E-state index is 0.302. The van der Waals surface area contributed by atoms with Gasteiger partial charge >= 0.3 is 0 Å². The number of nitrogens with one attached hydrogen (secondary N) is 1. The van der Waals surface area contributed by atoms with Gasteiger partial charge < -0.3 is 15.0 Å². The number of carbonyl (C=O) groups is 1. The van der Waals surface area contributed by atoms with Gasteiger partial charge in [0.25, 0.3) is 0 Å². The zero-order valence-corrected chi connectivity index (χ0v) is 11.0. The lowest BCUT2D eigenvalue weighted by atomic mass is 9.85. The second-order valence-corrected chi connectivity index (χ2v) is 5.48. The van der Waals surface area contributed by atoms with Gasteiger partial charge in [-0.05, 0) is 39.2 Å².